The predicted octanol–water partition coefficient (Wildman–Crippen LogP) is 2.69. The van der Waals surface area contributed by atoms with Crippen LogP contribution in [0.25, 0.3) is 22.2 Å². The molecule has 3 aromatic rings. The van der Waals surface area contributed by atoms with Gasteiger partial charge in [-0.3, -0.25) is 4.68 Å². The van der Waals surface area contributed by atoms with Crippen molar-refractivity contribution in [3.8, 4) is 11.1 Å². The minimum atomic E-state index is 0.527. The summed E-state index contributed by atoms with van der Waals surface area (Å²) >= 11 is 0. The van der Waals surface area contributed by atoms with Crippen LogP contribution in [0.3, 0.4) is 0 Å². The number of hydrogen-bond acceptors (Lipinski definition) is 4. The number of fused-ring (bicyclic) bond motifs is 1. The smallest absolute Gasteiger partial charge is 0.198 e. The van der Waals surface area contributed by atoms with Gasteiger partial charge in [-0.25, -0.2) is 4.98 Å². The molecule has 0 unspecified atom stereocenters. The van der Waals surface area contributed by atoms with Gasteiger partial charge in [0.2, 0.25) is 0 Å². The summed E-state index contributed by atoms with van der Waals surface area (Å²) < 4.78 is 7.42. The first-order valence-electron chi connectivity index (χ1n) is 6.41. The lowest BCUT2D eigenvalue weighted by Crippen LogP contribution is -1.97. The van der Waals surface area contributed by atoms with E-state index in [2.05, 4.69) is 10.1 Å². The standard InChI is InChI=1S/C14H14N4O/c1-18-13(15)10(7-16-18)9-4-5-12-11(6-9)17-14(19-12)8-2-3-8/h4-8H,2-3,15H2,1H3. The van der Waals surface area contributed by atoms with Gasteiger partial charge >= 0.3 is 0 Å². The van der Waals surface area contributed by atoms with Gasteiger partial charge in [0.25, 0.3) is 0 Å². The topological polar surface area (TPSA) is 69.9 Å². The number of nitrogens with two attached hydrogens (primary N) is 1. The Morgan fingerprint density at radius 1 is 1.37 bits per heavy atom. The predicted molar refractivity (Wildman–Crippen MR) is 72.6 cm³/mol. The lowest BCUT2D eigenvalue weighted by molar-refractivity contribution is 0.533. The molecule has 1 saturated carbocycles. The SMILES string of the molecule is Cn1ncc(-c2ccc3oc(C4CC4)nc3c2)c1N. The highest BCUT2D eigenvalue weighted by Gasteiger charge is 2.28. The molecular formula is C14H14N4O. The van der Waals surface area contributed by atoms with Gasteiger partial charge in [0, 0.05) is 18.5 Å². The highest BCUT2D eigenvalue weighted by Crippen LogP contribution is 2.41. The average Bonchev–Trinajstić information content (AvgIpc) is 3.10. The fraction of sp³-hybridized carbons (Fsp3) is 0.286. The van der Waals surface area contributed by atoms with Gasteiger partial charge in [-0.15, -0.1) is 0 Å². The quantitative estimate of drug-likeness (QED) is 0.763. The fourth-order valence-corrected chi connectivity index (χ4v) is 2.29. The Kier molecular flexibility index (Phi) is 2.01. The Balaban J connectivity index is 1.84. The molecule has 4 rings (SSSR count). The van der Waals surface area contributed by atoms with Crippen molar-refractivity contribution in [2.45, 2.75) is 18.8 Å². The first kappa shape index (κ1) is 10.6. The van der Waals surface area contributed by atoms with Crippen molar-refractivity contribution in [3.05, 3.63) is 30.3 Å². The number of nitrogen functional groups attached to an aromatic ring is 1. The molecule has 0 aliphatic heterocycles. The highest BCUT2D eigenvalue weighted by atomic mass is 16.3. The maximum Gasteiger partial charge on any atom is 0.198 e. The number of benzene rings is 1. The minimum absolute atomic E-state index is 0.527. The number of nitrogens with zero attached hydrogens (tertiary/aromatic N) is 3. The van der Waals surface area contributed by atoms with Crippen LogP contribution in [0, 0.1) is 0 Å². The van der Waals surface area contributed by atoms with E-state index in [9.17, 15) is 0 Å². The molecule has 1 fully saturated rings. The van der Waals surface area contributed by atoms with Crippen molar-refractivity contribution in [1.29, 1.82) is 0 Å². The molecule has 2 N–H and O–H groups in total. The summed E-state index contributed by atoms with van der Waals surface area (Å²) in [6.07, 6.45) is 4.16. The summed E-state index contributed by atoms with van der Waals surface area (Å²) in [4.78, 5) is 4.56. The van der Waals surface area contributed by atoms with Crippen molar-refractivity contribution < 1.29 is 4.42 Å². The molecule has 2 aromatic heterocycles. The van der Waals surface area contributed by atoms with E-state index in [0.29, 0.717) is 11.7 Å². The molecule has 5 nitrogen and oxygen atoms in total. The maximum absolute atomic E-state index is 6.00. The minimum Gasteiger partial charge on any atom is -0.440 e. The van der Waals surface area contributed by atoms with E-state index in [-0.39, 0.29) is 0 Å². The second kappa shape index (κ2) is 3.60. The molecule has 0 saturated heterocycles. The maximum atomic E-state index is 6.00. The zero-order valence-electron chi connectivity index (χ0n) is 10.6. The molecule has 2 heterocycles. The van der Waals surface area contributed by atoms with Crippen LogP contribution in [0.15, 0.2) is 28.8 Å². The van der Waals surface area contributed by atoms with E-state index in [1.807, 2.05) is 25.2 Å². The van der Waals surface area contributed by atoms with Gasteiger partial charge in [0.15, 0.2) is 11.5 Å². The van der Waals surface area contributed by atoms with Gasteiger partial charge in [-0.2, -0.15) is 5.10 Å². The summed E-state index contributed by atoms with van der Waals surface area (Å²) in [5, 5.41) is 4.16. The molecule has 5 heteroatoms. The van der Waals surface area contributed by atoms with Crippen LogP contribution in [-0.2, 0) is 7.05 Å². The molecule has 0 bridgehead atoms. The van der Waals surface area contributed by atoms with E-state index in [0.717, 1.165) is 28.1 Å². The van der Waals surface area contributed by atoms with E-state index in [1.54, 1.807) is 10.9 Å². The molecule has 19 heavy (non-hydrogen) atoms. The molecule has 96 valence electrons. The molecule has 0 spiro atoms. The number of anilines is 1. The highest BCUT2D eigenvalue weighted by molar-refractivity contribution is 5.83. The summed E-state index contributed by atoms with van der Waals surface area (Å²) in [6.45, 7) is 0. The van der Waals surface area contributed by atoms with Crippen LogP contribution < -0.4 is 5.73 Å². The van der Waals surface area contributed by atoms with Gasteiger partial charge in [-0.1, -0.05) is 6.07 Å². The molecular weight excluding hydrogens is 240 g/mol. The van der Waals surface area contributed by atoms with Crippen LogP contribution in [-0.4, -0.2) is 14.8 Å². The van der Waals surface area contributed by atoms with Crippen LogP contribution >= 0.6 is 0 Å². The third kappa shape index (κ3) is 1.62. The van der Waals surface area contributed by atoms with Crippen molar-refractivity contribution in [1.82, 2.24) is 14.8 Å². The van der Waals surface area contributed by atoms with Crippen LogP contribution in [0.2, 0.25) is 0 Å². The lowest BCUT2D eigenvalue weighted by Gasteiger charge is -2.00. The Morgan fingerprint density at radius 3 is 2.89 bits per heavy atom. The van der Waals surface area contributed by atoms with Crippen molar-refractivity contribution >= 4 is 16.9 Å². The molecule has 0 radical (unpaired) electrons. The van der Waals surface area contributed by atoms with Gasteiger partial charge in [0.1, 0.15) is 11.3 Å². The normalized spacial score (nSPS) is 15.2. The zero-order valence-corrected chi connectivity index (χ0v) is 10.6. The fourth-order valence-electron chi connectivity index (χ4n) is 2.29. The molecule has 0 amide bonds. The van der Waals surface area contributed by atoms with Crippen LogP contribution in [0.4, 0.5) is 5.82 Å². The molecule has 1 aliphatic carbocycles. The Bertz CT molecular complexity index is 767. The number of oxazole rings is 1. The Labute approximate surface area is 110 Å². The van der Waals surface area contributed by atoms with Gasteiger partial charge in [0.05, 0.1) is 6.20 Å². The monoisotopic (exact) mass is 254 g/mol. The van der Waals surface area contributed by atoms with E-state index >= 15 is 0 Å². The zero-order chi connectivity index (χ0) is 13.0. The lowest BCUT2D eigenvalue weighted by atomic mass is 10.1. The Morgan fingerprint density at radius 2 is 2.21 bits per heavy atom. The summed E-state index contributed by atoms with van der Waals surface area (Å²) in [6, 6.07) is 5.96. The van der Waals surface area contributed by atoms with Crippen LogP contribution in [0.5, 0.6) is 0 Å². The van der Waals surface area contributed by atoms with Crippen LogP contribution in [0.1, 0.15) is 24.7 Å². The van der Waals surface area contributed by atoms with Crippen molar-refractivity contribution in [2.24, 2.45) is 7.05 Å². The average molecular weight is 254 g/mol. The molecule has 1 aliphatic rings. The number of hydrogen-bond donors (Lipinski definition) is 1. The summed E-state index contributed by atoms with van der Waals surface area (Å²) in [7, 11) is 1.83. The summed E-state index contributed by atoms with van der Waals surface area (Å²) in [5.74, 6) is 2.05. The van der Waals surface area contributed by atoms with E-state index in [1.165, 1.54) is 12.8 Å². The Hall–Kier alpha value is -2.30. The van der Waals surface area contributed by atoms with Crippen molar-refractivity contribution in [2.75, 3.05) is 5.73 Å². The number of aromatic nitrogens is 3. The van der Waals surface area contributed by atoms with E-state index in [4.69, 9.17) is 10.2 Å². The third-order valence-corrected chi connectivity index (χ3v) is 3.63. The third-order valence-electron chi connectivity index (χ3n) is 3.63. The van der Waals surface area contributed by atoms with Gasteiger partial charge in [-0.05, 0) is 30.5 Å². The van der Waals surface area contributed by atoms with Crippen molar-refractivity contribution in [3.63, 3.8) is 0 Å². The second-order valence-electron chi connectivity index (χ2n) is 5.08. The largest absolute Gasteiger partial charge is 0.440 e. The molecule has 0 atom stereocenters. The first-order chi connectivity index (χ1) is 9.22. The second-order valence-corrected chi connectivity index (χ2v) is 5.08. The molecule has 1 aromatic carbocycles. The summed E-state index contributed by atoms with van der Waals surface area (Å²) in [5.41, 5.74) is 9.68. The van der Waals surface area contributed by atoms with E-state index < -0.39 is 0 Å². The number of rotatable bonds is 2. The van der Waals surface area contributed by atoms with Gasteiger partial charge < -0.3 is 10.2 Å². The first-order valence-corrected chi connectivity index (χ1v) is 6.41. The number of aryl methyl sites for hydroxylation is 1.